The van der Waals surface area contributed by atoms with Gasteiger partial charge >= 0.3 is 0 Å². The molecule has 5 atom stereocenters. The first kappa shape index (κ1) is 20.2. The molecule has 8 heteroatoms. The van der Waals surface area contributed by atoms with Crippen LogP contribution < -0.4 is 16.8 Å². The number of ether oxygens (including phenoxy) is 1. The molecule has 2 heterocycles. The third kappa shape index (κ3) is 4.67. The molecule has 1 saturated carbocycles. The number of hydrogen-bond acceptors (Lipinski definition) is 6. The first-order valence-corrected chi connectivity index (χ1v) is 9.91. The lowest BCUT2D eigenvalue weighted by molar-refractivity contribution is -0.141. The van der Waals surface area contributed by atoms with E-state index in [1.165, 1.54) is 0 Å². The van der Waals surface area contributed by atoms with E-state index in [1.807, 2.05) is 20.8 Å². The highest BCUT2D eigenvalue weighted by molar-refractivity contribution is 5.96. The number of epoxide rings is 1. The fraction of sp³-hybridized carbons (Fsp3) is 0.842. The Morgan fingerprint density at radius 2 is 1.85 bits per heavy atom. The van der Waals surface area contributed by atoms with E-state index in [0.29, 0.717) is 25.3 Å². The van der Waals surface area contributed by atoms with Gasteiger partial charge in [0.1, 0.15) is 12.3 Å². The van der Waals surface area contributed by atoms with Gasteiger partial charge in [-0.1, -0.05) is 33.6 Å². The van der Waals surface area contributed by atoms with Crippen molar-refractivity contribution in [2.45, 2.75) is 83.3 Å². The molecule has 0 aromatic carbocycles. The average molecular weight is 380 g/mol. The summed E-state index contributed by atoms with van der Waals surface area (Å²) in [6.07, 6.45) is 2.91. The van der Waals surface area contributed by atoms with Crippen LogP contribution in [-0.2, 0) is 19.1 Å². The van der Waals surface area contributed by atoms with Crippen molar-refractivity contribution in [2.24, 2.45) is 22.8 Å². The quantitative estimate of drug-likeness (QED) is 0.528. The lowest BCUT2D eigenvalue weighted by atomic mass is 9.86. The predicted octanol–water partition coefficient (Wildman–Crippen LogP) is -0.112. The molecule has 0 radical (unpaired) electrons. The van der Waals surface area contributed by atoms with Crippen LogP contribution >= 0.6 is 0 Å². The molecule has 27 heavy (non-hydrogen) atoms. The summed E-state index contributed by atoms with van der Waals surface area (Å²) in [6.45, 7) is 6.23. The normalized spacial score (nSPS) is 30.0. The highest BCUT2D eigenvalue weighted by Gasteiger charge is 2.47. The maximum Gasteiger partial charge on any atom is 0.243 e. The van der Waals surface area contributed by atoms with Crippen molar-refractivity contribution in [3.8, 4) is 0 Å². The second-order valence-corrected chi connectivity index (χ2v) is 9.20. The molecular weight excluding hydrogens is 348 g/mol. The summed E-state index contributed by atoms with van der Waals surface area (Å²) in [7, 11) is 0. The molecule has 1 aliphatic carbocycles. The summed E-state index contributed by atoms with van der Waals surface area (Å²) in [5.74, 6) is -0.192. The third-order valence-electron chi connectivity index (χ3n) is 5.77. The van der Waals surface area contributed by atoms with Gasteiger partial charge in [-0.05, 0) is 30.6 Å². The van der Waals surface area contributed by atoms with Crippen LogP contribution in [0.2, 0.25) is 0 Å². The second-order valence-electron chi connectivity index (χ2n) is 9.20. The topological polar surface area (TPSA) is 131 Å². The van der Waals surface area contributed by atoms with E-state index >= 15 is 0 Å². The van der Waals surface area contributed by atoms with Crippen LogP contribution in [0.15, 0.2) is 0 Å². The first-order chi connectivity index (χ1) is 12.6. The summed E-state index contributed by atoms with van der Waals surface area (Å²) in [5, 5.41) is 2.88. The second kappa shape index (κ2) is 7.48. The Morgan fingerprint density at radius 3 is 2.37 bits per heavy atom. The average Bonchev–Trinajstić information content (AvgIpc) is 3.49. The highest BCUT2D eigenvalue weighted by Crippen LogP contribution is 2.35. The third-order valence-corrected chi connectivity index (χ3v) is 5.77. The van der Waals surface area contributed by atoms with E-state index < -0.39 is 30.5 Å². The van der Waals surface area contributed by atoms with Gasteiger partial charge in [0.2, 0.25) is 11.8 Å². The van der Waals surface area contributed by atoms with Gasteiger partial charge in [-0.25, -0.2) is 0 Å². The molecule has 0 bridgehead atoms. The Kier molecular flexibility index (Phi) is 5.61. The zero-order valence-corrected chi connectivity index (χ0v) is 16.4. The number of carbonyl (C=O) groups is 3. The first-order valence-electron chi connectivity index (χ1n) is 9.91. The number of likely N-dealkylation sites (tertiary alicyclic amines) is 1. The monoisotopic (exact) mass is 380 g/mol. The Labute approximate surface area is 160 Å². The highest BCUT2D eigenvalue weighted by atomic mass is 16.6. The number of nitrogens with one attached hydrogen (secondary N) is 1. The number of amides is 2. The molecule has 3 rings (SSSR count). The van der Waals surface area contributed by atoms with E-state index in [-0.39, 0.29) is 23.0 Å². The molecule has 2 saturated heterocycles. The molecule has 3 fully saturated rings. The van der Waals surface area contributed by atoms with Gasteiger partial charge in [-0.3, -0.25) is 14.4 Å². The molecule has 5 N–H and O–H groups in total. The van der Waals surface area contributed by atoms with E-state index in [4.69, 9.17) is 16.2 Å². The fourth-order valence-corrected chi connectivity index (χ4v) is 3.60. The molecule has 0 spiro atoms. The number of carbonyl (C=O) groups excluding carboxylic acids is 3. The number of ketones is 1. The number of Topliss-reactive ketones (excluding diaryl/α,β-unsaturated/α-hetero) is 1. The van der Waals surface area contributed by atoms with Crippen molar-refractivity contribution in [1.29, 1.82) is 0 Å². The molecule has 2 aliphatic heterocycles. The van der Waals surface area contributed by atoms with E-state index in [9.17, 15) is 14.4 Å². The van der Waals surface area contributed by atoms with E-state index in [2.05, 4.69) is 5.32 Å². The fourth-order valence-electron chi connectivity index (χ4n) is 3.60. The van der Waals surface area contributed by atoms with Gasteiger partial charge in [-0.15, -0.1) is 0 Å². The molecule has 8 nitrogen and oxygen atoms in total. The number of nitrogens with zero attached hydrogens (tertiary/aromatic N) is 1. The number of nitrogens with two attached hydrogens (primary N) is 2. The van der Waals surface area contributed by atoms with Crippen molar-refractivity contribution in [1.82, 2.24) is 10.2 Å². The largest absolute Gasteiger partial charge is 0.345 e. The van der Waals surface area contributed by atoms with Crippen LogP contribution in [0.25, 0.3) is 0 Å². The Morgan fingerprint density at radius 1 is 1.22 bits per heavy atom. The van der Waals surface area contributed by atoms with Crippen LogP contribution in [-0.4, -0.2) is 59.5 Å². The standard InChI is InChI=1S/C19H32N4O4/c1-19(2,3)15(20)18(26)23-8-4-5-12(23)17(25)22-11(9-10-6-7-10)13(24)14-16(21)27-14/h10-12,14-16H,4-9,20-21H2,1-3H3,(H,22,25)/t11?,12-,14?,15+,16?/m0/s1. The Bertz CT molecular complexity index is 613. The maximum atomic E-state index is 12.9. The molecule has 3 unspecified atom stereocenters. The van der Waals surface area contributed by atoms with Crippen molar-refractivity contribution in [2.75, 3.05) is 6.54 Å². The summed E-state index contributed by atoms with van der Waals surface area (Å²) in [5.41, 5.74) is 11.3. The van der Waals surface area contributed by atoms with Crippen LogP contribution in [0.1, 0.15) is 52.9 Å². The summed E-state index contributed by atoms with van der Waals surface area (Å²) < 4.78 is 5.09. The minimum Gasteiger partial charge on any atom is -0.345 e. The predicted molar refractivity (Wildman–Crippen MR) is 99.3 cm³/mol. The Balaban J connectivity index is 1.65. The molecular formula is C19H32N4O4. The zero-order valence-electron chi connectivity index (χ0n) is 16.4. The van der Waals surface area contributed by atoms with Crippen LogP contribution in [0.5, 0.6) is 0 Å². The summed E-state index contributed by atoms with van der Waals surface area (Å²) in [6, 6.07) is -1.85. The van der Waals surface area contributed by atoms with Gasteiger partial charge in [0.05, 0.1) is 12.1 Å². The van der Waals surface area contributed by atoms with E-state index in [1.54, 1.807) is 4.90 Å². The molecule has 152 valence electrons. The summed E-state index contributed by atoms with van der Waals surface area (Å²) >= 11 is 0. The van der Waals surface area contributed by atoms with Gasteiger partial charge in [-0.2, -0.15) is 0 Å². The van der Waals surface area contributed by atoms with Gasteiger partial charge in [0.15, 0.2) is 11.9 Å². The number of rotatable bonds is 7. The van der Waals surface area contributed by atoms with Crippen molar-refractivity contribution in [3.63, 3.8) is 0 Å². The zero-order chi connectivity index (χ0) is 19.9. The minimum atomic E-state index is -0.673. The number of hydrogen-bond donors (Lipinski definition) is 3. The molecule has 0 aromatic rings. The lowest BCUT2D eigenvalue weighted by Crippen LogP contribution is -2.56. The lowest BCUT2D eigenvalue weighted by Gasteiger charge is -2.33. The molecule has 2 amide bonds. The van der Waals surface area contributed by atoms with Crippen molar-refractivity contribution < 1.29 is 19.1 Å². The van der Waals surface area contributed by atoms with Crippen LogP contribution in [0, 0.1) is 11.3 Å². The summed E-state index contributed by atoms with van der Waals surface area (Å²) in [4.78, 5) is 39.8. The van der Waals surface area contributed by atoms with Crippen molar-refractivity contribution in [3.05, 3.63) is 0 Å². The van der Waals surface area contributed by atoms with Crippen LogP contribution in [0.3, 0.4) is 0 Å². The van der Waals surface area contributed by atoms with E-state index in [0.717, 1.165) is 19.3 Å². The molecule has 0 aromatic heterocycles. The smallest absolute Gasteiger partial charge is 0.243 e. The van der Waals surface area contributed by atoms with Gasteiger partial charge in [0, 0.05) is 6.54 Å². The minimum absolute atomic E-state index is 0.162. The van der Waals surface area contributed by atoms with Gasteiger partial charge < -0.3 is 26.4 Å². The SMILES string of the molecule is CC(C)(C)[C@H](N)C(=O)N1CCC[C@H]1C(=O)NC(CC1CC1)C(=O)C1OC1N. The Hall–Kier alpha value is -1.51. The maximum absolute atomic E-state index is 12.9. The van der Waals surface area contributed by atoms with Crippen molar-refractivity contribution >= 4 is 17.6 Å². The van der Waals surface area contributed by atoms with Crippen LogP contribution in [0.4, 0.5) is 0 Å². The molecule has 3 aliphatic rings. The van der Waals surface area contributed by atoms with Gasteiger partial charge in [0.25, 0.3) is 0 Å².